The summed E-state index contributed by atoms with van der Waals surface area (Å²) in [6.07, 6.45) is 0. The monoisotopic (exact) mass is 302 g/mol. The summed E-state index contributed by atoms with van der Waals surface area (Å²) in [5, 5.41) is 1.14. The molecule has 0 atom stereocenters. The largest absolute Gasteiger partial charge is 0.497 e. The predicted molar refractivity (Wildman–Crippen MR) is 81.7 cm³/mol. The van der Waals surface area contributed by atoms with E-state index in [1.807, 2.05) is 12.1 Å². The number of methoxy groups -OCH3 is 1. The molecule has 112 valence electrons. The van der Waals surface area contributed by atoms with Gasteiger partial charge in [-0.1, -0.05) is 0 Å². The van der Waals surface area contributed by atoms with Crippen molar-refractivity contribution in [3.05, 3.63) is 30.0 Å². The molecule has 8 heteroatoms. The molecule has 0 spiro atoms. The molecule has 0 saturated heterocycles. The minimum atomic E-state index is 0. The van der Waals surface area contributed by atoms with Gasteiger partial charge in [0.05, 0.1) is 19.3 Å². The Bertz CT molecular complexity index is 612. The lowest BCUT2D eigenvalue weighted by Crippen LogP contribution is -2.35. The van der Waals surface area contributed by atoms with Crippen LogP contribution in [0, 0.1) is 0 Å². The van der Waals surface area contributed by atoms with Crippen LogP contribution in [-0.2, 0) is 6.54 Å². The highest BCUT2D eigenvalue weighted by Crippen LogP contribution is 2.25. The zero-order valence-corrected chi connectivity index (χ0v) is 11.8. The maximum Gasteiger partial charge on any atom is 0.159 e. The molecule has 0 bridgehead atoms. The fourth-order valence-corrected chi connectivity index (χ4v) is 2.28. The number of nitrogens with one attached hydrogen (secondary N) is 1. The van der Waals surface area contributed by atoms with Crippen LogP contribution >= 0.6 is 12.4 Å². The topological polar surface area (TPSA) is 128 Å². The van der Waals surface area contributed by atoms with Crippen LogP contribution in [-0.4, -0.2) is 35.0 Å². The maximum absolute atomic E-state index is 5.48. The molecule has 3 rings (SSSR count). The highest BCUT2D eigenvalue weighted by atomic mass is 35.5. The summed E-state index contributed by atoms with van der Waals surface area (Å²) in [5.74, 6) is 7.08. The Balaban J connectivity index is 0.00000120. The second-order valence-electron chi connectivity index (χ2n) is 3.98. The van der Waals surface area contributed by atoms with Crippen molar-refractivity contribution in [1.82, 2.24) is 9.99 Å². The van der Waals surface area contributed by atoms with Crippen molar-refractivity contribution >= 4 is 29.1 Å². The second kappa shape index (κ2) is 7.11. The summed E-state index contributed by atoms with van der Waals surface area (Å²) >= 11 is 0. The number of hydrogen-bond donors (Lipinski definition) is 2. The number of nitrogens with zero attached hydrogens (tertiary/aromatic N) is 2. The number of aromatic nitrogens is 1. The molecule has 2 heterocycles. The summed E-state index contributed by atoms with van der Waals surface area (Å²) in [6.45, 7) is 1.64. The number of benzene rings is 1. The average molecular weight is 303 g/mol. The first kappa shape index (κ1) is 18.2. The van der Waals surface area contributed by atoms with E-state index in [1.54, 1.807) is 7.11 Å². The number of rotatable bonds is 1. The quantitative estimate of drug-likeness (QED) is 0.551. The number of fused-ring (bicyclic) bond motifs is 3. The van der Waals surface area contributed by atoms with E-state index in [0.717, 1.165) is 35.8 Å². The lowest BCUT2D eigenvalue weighted by atomic mass is 10.2. The molecule has 0 aliphatic carbocycles. The Kier molecular flexibility index (Phi) is 6.47. The maximum atomic E-state index is 5.48. The van der Waals surface area contributed by atoms with Crippen molar-refractivity contribution in [1.29, 1.82) is 0 Å². The highest BCUT2D eigenvalue weighted by Gasteiger charge is 2.16. The fourth-order valence-electron chi connectivity index (χ4n) is 2.28. The molecular formula is C12H19ClN4O3. The van der Waals surface area contributed by atoms with Gasteiger partial charge in [0.15, 0.2) is 5.84 Å². The first-order valence-electron chi connectivity index (χ1n) is 5.52. The first-order chi connectivity index (χ1) is 8.33. The smallest absolute Gasteiger partial charge is 0.159 e. The third-order valence-corrected chi connectivity index (χ3v) is 3.08. The molecule has 0 amide bonds. The molecule has 0 saturated carbocycles. The average Bonchev–Trinajstić information content (AvgIpc) is 2.75. The summed E-state index contributed by atoms with van der Waals surface area (Å²) < 4.78 is 7.45. The van der Waals surface area contributed by atoms with Crippen LogP contribution < -0.4 is 16.0 Å². The SMILES string of the molecule is COc1ccc2c(c1)cc1n2CCN=C1NN.Cl.O.O. The van der Waals surface area contributed by atoms with Crippen molar-refractivity contribution in [3.8, 4) is 5.75 Å². The molecule has 2 aromatic rings. The standard InChI is InChI=1S/C12H14N4O.ClH.2H2O/c1-17-9-2-3-10-8(6-9)7-11-12(15-13)14-4-5-16(10)11;;;/h2-3,6-7H,4-5,13H2,1H3,(H,14,15);1H;2*1H2. The molecule has 1 aromatic heterocycles. The number of halogens is 1. The van der Waals surface area contributed by atoms with E-state index in [0.29, 0.717) is 0 Å². The molecule has 0 unspecified atom stereocenters. The second-order valence-corrected chi connectivity index (χ2v) is 3.98. The van der Waals surface area contributed by atoms with Gasteiger partial charge in [0, 0.05) is 17.4 Å². The minimum absolute atomic E-state index is 0. The van der Waals surface area contributed by atoms with Crippen LogP contribution in [0.5, 0.6) is 5.75 Å². The van der Waals surface area contributed by atoms with Crippen LogP contribution in [0.2, 0.25) is 0 Å². The Morgan fingerprint density at radius 3 is 2.70 bits per heavy atom. The number of hydrazine groups is 1. The Hall–Kier alpha value is -1.80. The first-order valence-corrected chi connectivity index (χ1v) is 5.52. The van der Waals surface area contributed by atoms with E-state index in [9.17, 15) is 0 Å². The molecule has 20 heavy (non-hydrogen) atoms. The summed E-state index contributed by atoms with van der Waals surface area (Å²) in [4.78, 5) is 4.36. The molecule has 7 nitrogen and oxygen atoms in total. The summed E-state index contributed by atoms with van der Waals surface area (Å²) in [7, 11) is 1.67. The van der Waals surface area contributed by atoms with Gasteiger partial charge in [-0.05, 0) is 24.3 Å². The third kappa shape index (κ3) is 2.70. The molecule has 1 aliphatic heterocycles. The zero-order valence-electron chi connectivity index (χ0n) is 11.0. The third-order valence-electron chi connectivity index (χ3n) is 3.08. The van der Waals surface area contributed by atoms with Crippen LogP contribution in [0.4, 0.5) is 0 Å². The molecule has 0 radical (unpaired) electrons. The minimum Gasteiger partial charge on any atom is -0.497 e. The van der Waals surface area contributed by atoms with Gasteiger partial charge < -0.3 is 25.7 Å². The van der Waals surface area contributed by atoms with E-state index >= 15 is 0 Å². The Morgan fingerprint density at radius 2 is 2.05 bits per heavy atom. The predicted octanol–water partition coefficient (Wildman–Crippen LogP) is -0.354. The van der Waals surface area contributed by atoms with E-state index in [1.165, 1.54) is 5.52 Å². The van der Waals surface area contributed by atoms with Crippen LogP contribution in [0.3, 0.4) is 0 Å². The van der Waals surface area contributed by atoms with Crippen molar-refractivity contribution in [3.63, 3.8) is 0 Å². The summed E-state index contributed by atoms with van der Waals surface area (Å²) in [5.41, 5.74) is 4.86. The van der Waals surface area contributed by atoms with E-state index in [4.69, 9.17) is 10.6 Å². The van der Waals surface area contributed by atoms with Gasteiger partial charge in [0.25, 0.3) is 0 Å². The van der Waals surface area contributed by atoms with Gasteiger partial charge >= 0.3 is 0 Å². The number of nitrogens with two attached hydrogens (primary N) is 1. The molecular weight excluding hydrogens is 284 g/mol. The van der Waals surface area contributed by atoms with Crippen molar-refractivity contribution in [2.24, 2.45) is 10.8 Å². The van der Waals surface area contributed by atoms with Gasteiger partial charge in [-0.2, -0.15) is 0 Å². The van der Waals surface area contributed by atoms with Crippen LogP contribution in [0.25, 0.3) is 10.9 Å². The van der Waals surface area contributed by atoms with Crippen molar-refractivity contribution in [2.45, 2.75) is 6.54 Å². The Labute approximate surface area is 122 Å². The normalized spacial score (nSPS) is 12.2. The molecule has 1 aliphatic rings. The number of amidine groups is 1. The van der Waals surface area contributed by atoms with Crippen LogP contribution in [0.1, 0.15) is 5.69 Å². The van der Waals surface area contributed by atoms with Gasteiger partial charge in [-0.15, -0.1) is 12.4 Å². The lowest BCUT2D eigenvalue weighted by Gasteiger charge is -2.16. The van der Waals surface area contributed by atoms with Gasteiger partial charge in [-0.25, -0.2) is 5.84 Å². The number of ether oxygens (including phenoxy) is 1. The van der Waals surface area contributed by atoms with E-state index in [-0.39, 0.29) is 23.4 Å². The van der Waals surface area contributed by atoms with Gasteiger partial charge in [-0.3, -0.25) is 4.99 Å². The van der Waals surface area contributed by atoms with Gasteiger partial charge in [0.2, 0.25) is 0 Å². The van der Waals surface area contributed by atoms with E-state index < -0.39 is 0 Å². The van der Waals surface area contributed by atoms with E-state index in [2.05, 4.69) is 27.1 Å². The number of aliphatic imine (C=N–C) groups is 1. The lowest BCUT2D eigenvalue weighted by molar-refractivity contribution is 0.415. The van der Waals surface area contributed by atoms with Crippen molar-refractivity contribution in [2.75, 3.05) is 13.7 Å². The zero-order chi connectivity index (χ0) is 11.8. The molecule has 7 N–H and O–H groups in total. The summed E-state index contributed by atoms with van der Waals surface area (Å²) in [6, 6.07) is 8.14. The van der Waals surface area contributed by atoms with Crippen LogP contribution in [0.15, 0.2) is 29.3 Å². The molecule has 1 aromatic carbocycles. The number of hydrogen-bond acceptors (Lipinski definition) is 4. The van der Waals surface area contributed by atoms with Gasteiger partial charge in [0.1, 0.15) is 5.75 Å². The highest BCUT2D eigenvalue weighted by molar-refractivity contribution is 6.02. The van der Waals surface area contributed by atoms with Crippen molar-refractivity contribution < 1.29 is 15.7 Å². The Morgan fingerprint density at radius 1 is 1.30 bits per heavy atom. The fraction of sp³-hybridized carbons (Fsp3) is 0.250. The molecule has 0 fully saturated rings.